The third kappa shape index (κ3) is 3.71. The number of rotatable bonds is 3. The van der Waals surface area contributed by atoms with Crippen LogP contribution in [0.1, 0.15) is 32.8 Å². The SMILES string of the molecule is CC(C)(C)c1ccc(N2CCOC(CCO)C2)cc1. The van der Waals surface area contributed by atoms with E-state index in [9.17, 15) is 0 Å². The lowest BCUT2D eigenvalue weighted by Crippen LogP contribution is -2.42. The minimum atomic E-state index is 0.154. The fourth-order valence-electron chi connectivity index (χ4n) is 2.44. The lowest BCUT2D eigenvalue weighted by Gasteiger charge is -2.34. The van der Waals surface area contributed by atoms with E-state index in [1.807, 2.05) is 0 Å². The molecule has 3 nitrogen and oxygen atoms in total. The molecule has 0 aromatic heterocycles. The summed E-state index contributed by atoms with van der Waals surface area (Å²) in [5.74, 6) is 0. The van der Waals surface area contributed by atoms with Gasteiger partial charge in [0.1, 0.15) is 0 Å². The number of anilines is 1. The second-order valence-corrected chi connectivity index (χ2v) is 6.25. The number of nitrogens with zero attached hydrogens (tertiary/aromatic N) is 1. The van der Waals surface area contributed by atoms with Crippen LogP contribution >= 0.6 is 0 Å². The Labute approximate surface area is 116 Å². The van der Waals surface area contributed by atoms with Crippen LogP contribution in [0.4, 0.5) is 5.69 Å². The number of aliphatic hydroxyl groups excluding tert-OH is 1. The number of morpholine rings is 1. The zero-order chi connectivity index (χ0) is 13.9. The fraction of sp³-hybridized carbons (Fsp3) is 0.625. The van der Waals surface area contributed by atoms with E-state index in [4.69, 9.17) is 9.84 Å². The van der Waals surface area contributed by atoms with E-state index >= 15 is 0 Å². The number of benzene rings is 1. The Hall–Kier alpha value is -1.06. The van der Waals surface area contributed by atoms with Crippen molar-refractivity contribution in [1.82, 2.24) is 0 Å². The Bertz CT molecular complexity index is 392. The first kappa shape index (κ1) is 14.4. The molecule has 1 aromatic carbocycles. The van der Waals surface area contributed by atoms with Gasteiger partial charge >= 0.3 is 0 Å². The van der Waals surface area contributed by atoms with Gasteiger partial charge in [-0.3, -0.25) is 0 Å². The van der Waals surface area contributed by atoms with Crippen molar-refractivity contribution in [3.8, 4) is 0 Å². The molecular weight excluding hydrogens is 238 g/mol. The van der Waals surface area contributed by atoms with E-state index < -0.39 is 0 Å². The van der Waals surface area contributed by atoms with Crippen molar-refractivity contribution in [2.24, 2.45) is 0 Å². The lowest BCUT2D eigenvalue weighted by atomic mass is 9.87. The topological polar surface area (TPSA) is 32.7 Å². The van der Waals surface area contributed by atoms with Crippen LogP contribution in [0.3, 0.4) is 0 Å². The molecule has 1 unspecified atom stereocenters. The first-order valence-corrected chi connectivity index (χ1v) is 7.08. The summed E-state index contributed by atoms with van der Waals surface area (Å²) in [7, 11) is 0. The zero-order valence-electron chi connectivity index (χ0n) is 12.2. The Morgan fingerprint density at radius 1 is 1.26 bits per heavy atom. The number of hydrogen-bond donors (Lipinski definition) is 1. The molecule has 19 heavy (non-hydrogen) atoms. The summed E-state index contributed by atoms with van der Waals surface area (Å²) in [5.41, 5.74) is 2.80. The van der Waals surface area contributed by atoms with Gasteiger partial charge in [0.25, 0.3) is 0 Å². The quantitative estimate of drug-likeness (QED) is 0.910. The molecule has 0 amide bonds. The molecule has 3 heteroatoms. The summed E-state index contributed by atoms with van der Waals surface area (Å²) in [5, 5.41) is 9.00. The highest BCUT2D eigenvalue weighted by molar-refractivity contribution is 5.49. The van der Waals surface area contributed by atoms with Gasteiger partial charge in [-0.15, -0.1) is 0 Å². The summed E-state index contributed by atoms with van der Waals surface area (Å²) in [4.78, 5) is 2.34. The first-order chi connectivity index (χ1) is 9.00. The monoisotopic (exact) mass is 263 g/mol. The van der Waals surface area contributed by atoms with E-state index in [2.05, 4.69) is 49.9 Å². The Morgan fingerprint density at radius 2 is 1.95 bits per heavy atom. The highest BCUT2D eigenvalue weighted by Crippen LogP contribution is 2.26. The molecule has 0 radical (unpaired) electrons. The van der Waals surface area contributed by atoms with Crippen LogP contribution < -0.4 is 4.90 Å². The van der Waals surface area contributed by atoms with Crippen molar-refractivity contribution in [2.45, 2.75) is 38.7 Å². The molecule has 1 aliphatic heterocycles. The predicted molar refractivity (Wildman–Crippen MR) is 78.8 cm³/mol. The Kier molecular flexibility index (Phi) is 4.48. The van der Waals surface area contributed by atoms with Crippen molar-refractivity contribution in [3.05, 3.63) is 29.8 Å². The number of hydrogen-bond acceptors (Lipinski definition) is 3. The molecule has 1 aliphatic rings. The third-order valence-electron chi connectivity index (χ3n) is 3.69. The van der Waals surface area contributed by atoms with Crippen LogP contribution in [0.5, 0.6) is 0 Å². The Morgan fingerprint density at radius 3 is 2.53 bits per heavy atom. The van der Waals surface area contributed by atoms with Crippen molar-refractivity contribution in [2.75, 3.05) is 31.2 Å². The Balaban J connectivity index is 2.05. The molecule has 0 saturated carbocycles. The molecule has 0 aliphatic carbocycles. The smallest absolute Gasteiger partial charge is 0.0772 e. The van der Waals surface area contributed by atoms with Crippen molar-refractivity contribution < 1.29 is 9.84 Å². The maximum Gasteiger partial charge on any atom is 0.0772 e. The van der Waals surface area contributed by atoms with Crippen molar-refractivity contribution in [1.29, 1.82) is 0 Å². The maximum absolute atomic E-state index is 9.00. The fourth-order valence-corrected chi connectivity index (χ4v) is 2.44. The van der Waals surface area contributed by atoms with Gasteiger partial charge < -0.3 is 14.7 Å². The van der Waals surface area contributed by atoms with E-state index in [-0.39, 0.29) is 18.1 Å². The highest BCUT2D eigenvalue weighted by atomic mass is 16.5. The van der Waals surface area contributed by atoms with Crippen molar-refractivity contribution in [3.63, 3.8) is 0 Å². The van der Waals surface area contributed by atoms with Gasteiger partial charge in [0, 0.05) is 25.4 Å². The van der Waals surface area contributed by atoms with Crippen LogP contribution in [0.15, 0.2) is 24.3 Å². The standard InChI is InChI=1S/C16H25NO2/c1-16(2,3)13-4-6-14(7-5-13)17-9-11-19-15(12-17)8-10-18/h4-7,15,18H,8-12H2,1-3H3. The molecule has 1 heterocycles. The molecule has 1 fully saturated rings. The average molecular weight is 263 g/mol. The average Bonchev–Trinajstić information content (AvgIpc) is 2.39. The van der Waals surface area contributed by atoms with Crippen LogP contribution in [0, 0.1) is 0 Å². The molecule has 0 spiro atoms. The van der Waals surface area contributed by atoms with Gasteiger partial charge in [-0.25, -0.2) is 0 Å². The normalized spacial score (nSPS) is 20.6. The van der Waals surface area contributed by atoms with Crippen LogP contribution in [-0.2, 0) is 10.2 Å². The lowest BCUT2D eigenvalue weighted by molar-refractivity contribution is 0.0247. The maximum atomic E-state index is 9.00. The molecule has 1 N–H and O–H groups in total. The molecule has 0 bridgehead atoms. The van der Waals surface area contributed by atoms with Gasteiger partial charge in [0.15, 0.2) is 0 Å². The van der Waals surface area contributed by atoms with E-state index in [1.165, 1.54) is 11.3 Å². The second kappa shape index (κ2) is 5.93. The second-order valence-electron chi connectivity index (χ2n) is 6.25. The molecule has 106 valence electrons. The van der Waals surface area contributed by atoms with E-state index in [1.54, 1.807) is 0 Å². The highest BCUT2D eigenvalue weighted by Gasteiger charge is 2.21. The summed E-state index contributed by atoms with van der Waals surface area (Å²) in [6.45, 7) is 9.43. The largest absolute Gasteiger partial charge is 0.396 e. The van der Waals surface area contributed by atoms with Gasteiger partial charge in [0.05, 0.1) is 12.7 Å². The summed E-state index contributed by atoms with van der Waals surface area (Å²) < 4.78 is 5.65. The van der Waals surface area contributed by atoms with Crippen LogP contribution in [-0.4, -0.2) is 37.5 Å². The van der Waals surface area contributed by atoms with Gasteiger partial charge in [-0.05, 0) is 29.5 Å². The predicted octanol–water partition coefficient (Wildman–Crippen LogP) is 2.57. The van der Waals surface area contributed by atoms with Crippen LogP contribution in [0.25, 0.3) is 0 Å². The minimum Gasteiger partial charge on any atom is -0.396 e. The summed E-state index contributed by atoms with van der Waals surface area (Å²) >= 11 is 0. The van der Waals surface area contributed by atoms with E-state index in [0.717, 1.165) is 26.1 Å². The van der Waals surface area contributed by atoms with Gasteiger partial charge in [-0.2, -0.15) is 0 Å². The van der Waals surface area contributed by atoms with Gasteiger partial charge in [-0.1, -0.05) is 32.9 Å². The molecule has 1 saturated heterocycles. The van der Waals surface area contributed by atoms with Crippen LogP contribution in [0.2, 0.25) is 0 Å². The van der Waals surface area contributed by atoms with Gasteiger partial charge in [0.2, 0.25) is 0 Å². The first-order valence-electron chi connectivity index (χ1n) is 7.08. The molecular formula is C16H25NO2. The summed E-state index contributed by atoms with van der Waals surface area (Å²) in [6, 6.07) is 8.82. The summed E-state index contributed by atoms with van der Waals surface area (Å²) in [6.07, 6.45) is 0.873. The zero-order valence-corrected chi connectivity index (χ0v) is 12.2. The third-order valence-corrected chi connectivity index (χ3v) is 3.69. The minimum absolute atomic E-state index is 0.154. The van der Waals surface area contributed by atoms with E-state index in [0.29, 0.717) is 0 Å². The molecule has 1 aromatic rings. The molecule has 2 rings (SSSR count). The number of ether oxygens (including phenoxy) is 1. The number of aliphatic hydroxyl groups is 1. The molecule has 1 atom stereocenters. The van der Waals surface area contributed by atoms with Crippen molar-refractivity contribution >= 4 is 5.69 Å².